The van der Waals surface area contributed by atoms with Crippen molar-refractivity contribution >= 4 is 35.0 Å². The van der Waals surface area contributed by atoms with Gasteiger partial charge in [0.1, 0.15) is 5.76 Å². The number of ether oxygens (including phenoxy) is 1. The summed E-state index contributed by atoms with van der Waals surface area (Å²) in [4.78, 5) is 25.1. The molecule has 2 aromatic rings. The van der Waals surface area contributed by atoms with Crippen LogP contribution in [-0.4, -0.2) is 29.3 Å². The average molecular weight is 386 g/mol. The quantitative estimate of drug-likeness (QED) is 0.543. The number of aromatic nitrogens is 1. The zero-order valence-electron chi connectivity index (χ0n) is 15.0. The van der Waals surface area contributed by atoms with Crippen LogP contribution in [0.4, 0.5) is 5.82 Å². The first-order chi connectivity index (χ1) is 12.9. The van der Waals surface area contributed by atoms with Crippen LogP contribution in [0.25, 0.3) is 0 Å². The van der Waals surface area contributed by atoms with Crippen molar-refractivity contribution in [2.45, 2.75) is 19.9 Å². The number of benzene rings is 1. The van der Waals surface area contributed by atoms with Crippen molar-refractivity contribution in [3.8, 4) is 0 Å². The number of aryl methyl sites for hydroxylation is 1. The normalized spacial score (nSPS) is 16.4. The maximum atomic E-state index is 12.9. The van der Waals surface area contributed by atoms with Gasteiger partial charge in [0, 0.05) is 11.8 Å². The third-order valence-electron chi connectivity index (χ3n) is 4.06. The Hall–Kier alpha value is -3.20. The molecule has 140 valence electrons. The van der Waals surface area contributed by atoms with Gasteiger partial charge in [-0.1, -0.05) is 23.4 Å². The van der Waals surface area contributed by atoms with Crippen molar-refractivity contribution in [1.29, 1.82) is 0 Å². The Labute approximate surface area is 160 Å². The van der Waals surface area contributed by atoms with Crippen LogP contribution in [0.5, 0.6) is 0 Å². The molecule has 1 atom stereocenters. The van der Waals surface area contributed by atoms with Crippen LogP contribution in [0.15, 0.2) is 46.1 Å². The summed E-state index contributed by atoms with van der Waals surface area (Å²) in [7, 11) is 1.31. The van der Waals surface area contributed by atoms with Crippen LogP contribution < -0.4 is 16.0 Å². The van der Waals surface area contributed by atoms with Crippen molar-refractivity contribution < 1.29 is 18.8 Å². The predicted octanol–water partition coefficient (Wildman–Crippen LogP) is 2.20. The van der Waals surface area contributed by atoms with Gasteiger partial charge in [0.2, 0.25) is 0 Å². The second kappa shape index (κ2) is 7.58. The summed E-state index contributed by atoms with van der Waals surface area (Å²) < 4.78 is 9.84. The molecule has 1 aliphatic rings. The first-order valence-corrected chi connectivity index (χ1v) is 8.51. The number of esters is 1. The van der Waals surface area contributed by atoms with Gasteiger partial charge in [-0.25, -0.2) is 4.79 Å². The summed E-state index contributed by atoms with van der Waals surface area (Å²) in [6.07, 6.45) is 0. The molecule has 1 unspecified atom stereocenters. The van der Waals surface area contributed by atoms with E-state index in [1.54, 1.807) is 44.2 Å². The number of thiocarbonyl (C=S) groups is 1. The standard InChI is InChI=1S/C18H18N4O4S/c1-9-8-13(22-26-9)20-16(23)14-10(2)19-18(27)21-15(14)11-6-4-5-7-12(11)17(24)25-3/h4-8,15H,1-3H3,(H2,19,21,27)(H,20,22,23). The molecular formula is C18H18N4O4S. The third-order valence-corrected chi connectivity index (χ3v) is 4.28. The fourth-order valence-electron chi connectivity index (χ4n) is 2.88. The predicted molar refractivity (Wildman–Crippen MR) is 102 cm³/mol. The molecule has 3 N–H and O–H groups in total. The Balaban J connectivity index is 2.02. The number of methoxy groups -OCH3 is 1. The number of anilines is 1. The largest absolute Gasteiger partial charge is 0.465 e. The minimum absolute atomic E-state index is 0.297. The van der Waals surface area contributed by atoms with Crippen molar-refractivity contribution in [2.75, 3.05) is 12.4 Å². The van der Waals surface area contributed by atoms with Gasteiger partial charge in [-0.3, -0.25) is 4.79 Å². The average Bonchev–Trinajstić information content (AvgIpc) is 3.04. The molecule has 1 amide bonds. The molecule has 0 aliphatic carbocycles. The Bertz CT molecular complexity index is 950. The second-order valence-electron chi connectivity index (χ2n) is 5.93. The molecule has 0 bridgehead atoms. The molecule has 0 fully saturated rings. The zero-order chi connectivity index (χ0) is 19.6. The first-order valence-electron chi connectivity index (χ1n) is 8.11. The number of hydrogen-bond donors (Lipinski definition) is 3. The Kier molecular flexibility index (Phi) is 5.22. The van der Waals surface area contributed by atoms with Gasteiger partial charge >= 0.3 is 5.97 Å². The van der Waals surface area contributed by atoms with Crippen LogP contribution >= 0.6 is 12.2 Å². The van der Waals surface area contributed by atoms with Crippen molar-refractivity contribution in [3.05, 3.63) is 58.5 Å². The maximum Gasteiger partial charge on any atom is 0.338 e. The lowest BCUT2D eigenvalue weighted by Crippen LogP contribution is -2.46. The van der Waals surface area contributed by atoms with E-state index in [-0.39, 0.29) is 0 Å². The summed E-state index contributed by atoms with van der Waals surface area (Å²) in [5.74, 6) is -0.0232. The number of allylic oxidation sites excluding steroid dienone is 1. The topological polar surface area (TPSA) is 105 Å². The minimum Gasteiger partial charge on any atom is -0.465 e. The number of rotatable bonds is 4. The fourth-order valence-corrected chi connectivity index (χ4v) is 3.15. The van der Waals surface area contributed by atoms with E-state index in [4.69, 9.17) is 21.5 Å². The number of carbonyl (C=O) groups excluding carboxylic acids is 2. The lowest BCUT2D eigenvalue weighted by molar-refractivity contribution is -0.113. The van der Waals surface area contributed by atoms with Crippen molar-refractivity contribution in [1.82, 2.24) is 15.8 Å². The van der Waals surface area contributed by atoms with Gasteiger partial charge in [-0.2, -0.15) is 0 Å². The molecule has 0 saturated carbocycles. The molecule has 1 aliphatic heterocycles. The van der Waals surface area contributed by atoms with Crippen molar-refractivity contribution in [3.63, 3.8) is 0 Å². The van der Waals surface area contributed by atoms with E-state index in [0.29, 0.717) is 39.1 Å². The molecule has 27 heavy (non-hydrogen) atoms. The van der Waals surface area contributed by atoms with Crippen LogP contribution in [-0.2, 0) is 9.53 Å². The van der Waals surface area contributed by atoms with Crippen LogP contribution in [0.3, 0.4) is 0 Å². The summed E-state index contributed by atoms with van der Waals surface area (Å²) in [5, 5.41) is 12.8. The summed E-state index contributed by atoms with van der Waals surface area (Å²) >= 11 is 5.24. The molecule has 0 spiro atoms. The molecule has 8 nitrogen and oxygen atoms in total. The second-order valence-corrected chi connectivity index (χ2v) is 6.33. The molecule has 3 rings (SSSR count). The van der Waals surface area contributed by atoms with E-state index in [1.807, 2.05) is 0 Å². The highest BCUT2D eigenvalue weighted by Gasteiger charge is 2.32. The monoisotopic (exact) mass is 386 g/mol. The Morgan fingerprint density at radius 1 is 1.30 bits per heavy atom. The van der Waals surface area contributed by atoms with E-state index >= 15 is 0 Å². The summed E-state index contributed by atoms with van der Waals surface area (Å²) in [6.45, 7) is 3.47. The molecule has 1 aromatic heterocycles. The molecule has 2 heterocycles. The Morgan fingerprint density at radius 2 is 2.04 bits per heavy atom. The highest BCUT2D eigenvalue weighted by Crippen LogP contribution is 2.30. The summed E-state index contributed by atoms with van der Waals surface area (Å²) in [5.41, 5.74) is 1.87. The van der Waals surface area contributed by atoms with Crippen LogP contribution in [0, 0.1) is 6.92 Å². The number of carbonyl (C=O) groups is 2. The minimum atomic E-state index is -0.637. The van der Waals surface area contributed by atoms with Gasteiger partial charge in [0.05, 0.1) is 24.3 Å². The van der Waals surface area contributed by atoms with E-state index in [2.05, 4.69) is 21.1 Å². The maximum absolute atomic E-state index is 12.9. The Morgan fingerprint density at radius 3 is 2.70 bits per heavy atom. The van der Waals surface area contributed by atoms with Crippen LogP contribution in [0.2, 0.25) is 0 Å². The fraction of sp³-hybridized carbons (Fsp3) is 0.222. The SMILES string of the molecule is COC(=O)c1ccccc1C1NC(=S)NC(C)=C1C(=O)Nc1cc(C)on1. The van der Waals surface area contributed by atoms with E-state index < -0.39 is 17.9 Å². The van der Waals surface area contributed by atoms with E-state index in [9.17, 15) is 9.59 Å². The number of nitrogens with zero attached hydrogens (tertiary/aromatic N) is 1. The van der Waals surface area contributed by atoms with E-state index in [1.165, 1.54) is 7.11 Å². The van der Waals surface area contributed by atoms with Crippen molar-refractivity contribution in [2.24, 2.45) is 0 Å². The zero-order valence-corrected chi connectivity index (χ0v) is 15.8. The molecular weight excluding hydrogens is 368 g/mol. The smallest absolute Gasteiger partial charge is 0.338 e. The van der Waals surface area contributed by atoms with Gasteiger partial charge in [0.25, 0.3) is 5.91 Å². The lowest BCUT2D eigenvalue weighted by Gasteiger charge is -2.31. The van der Waals surface area contributed by atoms with E-state index in [0.717, 1.165) is 0 Å². The number of amides is 1. The van der Waals surface area contributed by atoms with Gasteiger partial charge < -0.3 is 25.2 Å². The molecule has 0 radical (unpaired) electrons. The molecule has 0 saturated heterocycles. The van der Waals surface area contributed by atoms with Crippen LogP contribution in [0.1, 0.15) is 34.6 Å². The number of hydrogen-bond acceptors (Lipinski definition) is 6. The van der Waals surface area contributed by atoms with Gasteiger partial charge in [-0.15, -0.1) is 0 Å². The first kappa shape index (κ1) is 18.6. The highest BCUT2D eigenvalue weighted by atomic mass is 32.1. The summed E-state index contributed by atoms with van der Waals surface area (Å²) in [6, 6.07) is 7.86. The number of nitrogens with one attached hydrogen (secondary N) is 3. The third kappa shape index (κ3) is 3.82. The van der Waals surface area contributed by atoms with Gasteiger partial charge in [-0.05, 0) is 37.7 Å². The van der Waals surface area contributed by atoms with Gasteiger partial charge in [0.15, 0.2) is 10.9 Å². The highest BCUT2D eigenvalue weighted by molar-refractivity contribution is 7.80. The molecule has 9 heteroatoms. The lowest BCUT2D eigenvalue weighted by atomic mass is 9.91. The molecule has 1 aromatic carbocycles.